The lowest BCUT2D eigenvalue weighted by atomic mass is 10.1. The Labute approximate surface area is 120 Å². The van der Waals surface area contributed by atoms with Crippen molar-refractivity contribution in [1.82, 2.24) is 5.32 Å². The second-order valence-corrected chi connectivity index (χ2v) is 7.37. The first kappa shape index (κ1) is 12.4. The molecule has 1 aromatic carbocycles. The molecule has 1 aliphatic carbocycles. The molecule has 0 aliphatic heterocycles. The summed E-state index contributed by atoms with van der Waals surface area (Å²) in [5, 5.41) is 3.49. The number of nitrogens with one attached hydrogen (secondary N) is 1. The van der Waals surface area contributed by atoms with E-state index >= 15 is 0 Å². The van der Waals surface area contributed by atoms with Gasteiger partial charge in [-0.3, -0.25) is 0 Å². The van der Waals surface area contributed by atoms with E-state index in [-0.39, 0.29) is 0 Å². The normalized spacial score (nSPS) is 14.9. The smallest absolute Gasteiger partial charge is 0.0701 e. The number of hydrogen-bond donors (Lipinski definition) is 1. The summed E-state index contributed by atoms with van der Waals surface area (Å²) in [7, 11) is 0. The maximum Gasteiger partial charge on any atom is 0.0701 e. The van der Waals surface area contributed by atoms with E-state index in [0.29, 0.717) is 0 Å². The van der Waals surface area contributed by atoms with Crippen LogP contribution >= 0.6 is 27.3 Å². The standard InChI is InChI=1S/C15H16BrNS/c16-15-8-7-14(18-15)10-17-9-11-1-3-12(4-2-11)13-5-6-13/h1-4,7-8,13,17H,5-6,9-10H2. The largest absolute Gasteiger partial charge is 0.308 e. The van der Waals surface area contributed by atoms with E-state index in [1.54, 1.807) is 11.3 Å². The van der Waals surface area contributed by atoms with E-state index < -0.39 is 0 Å². The van der Waals surface area contributed by atoms with Gasteiger partial charge in [-0.25, -0.2) is 0 Å². The van der Waals surface area contributed by atoms with Gasteiger partial charge in [0, 0.05) is 18.0 Å². The van der Waals surface area contributed by atoms with Crippen LogP contribution in [0.5, 0.6) is 0 Å². The van der Waals surface area contributed by atoms with Crippen LogP contribution in [0.25, 0.3) is 0 Å². The van der Waals surface area contributed by atoms with Gasteiger partial charge in [0.1, 0.15) is 0 Å². The van der Waals surface area contributed by atoms with E-state index in [4.69, 9.17) is 0 Å². The van der Waals surface area contributed by atoms with Crippen LogP contribution in [-0.2, 0) is 13.1 Å². The molecule has 1 nitrogen and oxygen atoms in total. The van der Waals surface area contributed by atoms with Gasteiger partial charge in [0.15, 0.2) is 0 Å². The zero-order valence-corrected chi connectivity index (χ0v) is 12.6. The first-order chi connectivity index (χ1) is 8.81. The Kier molecular flexibility index (Phi) is 3.83. The van der Waals surface area contributed by atoms with Gasteiger partial charge >= 0.3 is 0 Å². The highest BCUT2D eigenvalue weighted by molar-refractivity contribution is 9.11. The molecule has 0 unspecified atom stereocenters. The second-order valence-electron chi connectivity index (χ2n) is 4.83. The van der Waals surface area contributed by atoms with Crippen LogP contribution in [0.4, 0.5) is 0 Å². The molecule has 3 rings (SSSR count). The number of benzene rings is 1. The van der Waals surface area contributed by atoms with Crippen LogP contribution in [0.1, 0.15) is 34.8 Å². The lowest BCUT2D eigenvalue weighted by Gasteiger charge is -2.05. The molecule has 0 bridgehead atoms. The van der Waals surface area contributed by atoms with Crippen LogP contribution in [-0.4, -0.2) is 0 Å². The van der Waals surface area contributed by atoms with Gasteiger partial charge < -0.3 is 5.32 Å². The third kappa shape index (κ3) is 3.22. The number of rotatable bonds is 5. The molecular weight excluding hydrogens is 306 g/mol. The van der Waals surface area contributed by atoms with Gasteiger partial charge in [-0.1, -0.05) is 24.3 Å². The molecule has 0 spiro atoms. The van der Waals surface area contributed by atoms with Crippen molar-refractivity contribution in [2.24, 2.45) is 0 Å². The highest BCUT2D eigenvalue weighted by Crippen LogP contribution is 2.39. The van der Waals surface area contributed by atoms with Crippen molar-refractivity contribution >= 4 is 27.3 Å². The summed E-state index contributed by atoms with van der Waals surface area (Å²) in [6.45, 7) is 1.89. The van der Waals surface area contributed by atoms with E-state index in [1.807, 2.05) is 0 Å². The molecule has 3 heteroatoms. The van der Waals surface area contributed by atoms with Crippen molar-refractivity contribution in [2.75, 3.05) is 0 Å². The summed E-state index contributed by atoms with van der Waals surface area (Å²) < 4.78 is 1.20. The average Bonchev–Trinajstić information content (AvgIpc) is 3.15. The molecule has 18 heavy (non-hydrogen) atoms. The molecule has 1 aromatic heterocycles. The van der Waals surface area contributed by atoms with Crippen molar-refractivity contribution < 1.29 is 0 Å². The third-order valence-corrected chi connectivity index (χ3v) is 4.91. The van der Waals surface area contributed by atoms with Crippen molar-refractivity contribution in [1.29, 1.82) is 0 Å². The SMILES string of the molecule is Brc1ccc(CNCc2ccc(C3CC3)cc2)s1. The molecule has 1 aliphatic rings. The van der Waals surface area contributed by atoms with E-state index in [9.17, 15) is 0 Å². The summed E-state index contributed by atoms with van der Waals surface area (Å²) in [6, 6.07) is 13.4. The van der Waals surface area contributed by atoms with Crippen LogP contribution in [0.15, 0.2) is 40.2 Å². The van der Waals surface area contributed by atoms with Crippen molar-refractivity contribution in [2.45, 2.75) is 31.8 Å². The number of halogens is 1. The topological polar surface area (TPSA) is 12.0 Å². The first-order valence-corrected chi connectivity index (χ1v) is 7.96. The van der Waals surface area contributed by atoms with Crippen LogP contribution in [0.3, 0.4) is 0 Å². The van der Waals surface area contributed by atoms with E-state index in [2.05, 4.69) is 57.6 Å². The van der Waals surface area contributed by atoms with E-state index in [1.165, 1.54) is 32.6 Å². The summed E-state index contributed by atoms with van der Waals surface area (Å²) in [4.78, 5) is 1.37. The average molecular weight is 322 g/mol. The third-order valence-electron chi connectivity index (χ3n) is 3.29. The maximum atomic E-state index is 3.49. The second kappa shape index (κ2) is 5.55. The molecule has 0 atom stereocenters. The van der Waals surface area contributed by atoms with Gasteiger partial charge in [-0.05, 0) is 57.9 Å². The lowest BCUT2D eigenvalue weighted by Crippen LogP contribution is -2.11. The maximum absolute atomic E-state index is 3.49. The molecule has 2 aromatic rings. The van der Waals surface area contributed by atoms with Crippen molar-refractivity contribution in [3.63, 3.8) is 0 Å². The Hall–Kier alpha value is -0.640. The molecule has 1 heterocycles. The number of thiophene rings is 1. The molecule has 0 radical (unpaired) electrons. The summed E-state index contributed by atoms with van der Waals surface area (Å²) >= 11 is 5.28. The molecule has 0 saturated heterocycles. The monoisotopic (exact) mass is 321 g/mol. The predicted molar refractivity (Wildman–Crippen MR) is 81.0 cm³/mol. The molecular formula is C15H16BrNS. The molecule has 1 fully saturated rings. The minimum absolute atomic E-state index is 0.857. The fraction of sp³-hybridized carbons (Fsp3) is 0.333. The number of hydrogen-bond acceptors (Lipinski definition) is 2. The first-order valence-electron chi connectivity index (χ1n) is 6.35. The van der Waals surface area contributed by atoms with Crippen molar-refractivity contribution in [3.8, 4) is 0 Å². The fourth-order valence-corrected chi connectivity index (χ4v) is 3.55. The minimum Gasteiger partial charge on any atom is -0.308 e. The van der Waals surface area contributed by atoms with Gasteiger partial charge in [0.05, 0.1) is 3.79 Å². The molecule has 1 N–H and O–H groups in total. The Morgan fingerprint density at radius 1 is 1.06 bits per heavy atom. The fourth-order valence-electron chi connectivity index (χ4n) is 2.10. The Morgan fingerprint density at radius 3 is 2.44 bits per heavy atom. The Bertz CT molecular complexity index is 514. The molecule has 1 saturated carbocycles. The summed E-state index contributed by atoms with van der Waals surface area (Å²) in [5.41, 5.74) is 2.89. The highest BCUT2D eigenvalue weighted by Gasteiger charge is 2.22. The molecule has 0 amide bonds. The minimum atomic E-state index is 0.857. The van der Waals surface area contributed by atoms with Crippen molar-refractivity contribution in [3.05, 3.63) is 56.2 Å². The Balaban J connectivity index is 1.50. The van der Waals surface area contributed by atoms with Gasteiger partial charge in [0.25, 0.3) is 0 Å². The van der Waals surface area contributed by atoms with Gasteiger partial charge in [0.2, 0.25) is 0 Å². The highest BCUT2D eigenvalue weighted by atomic mass is 79.9. The lowest BCUT2D eigenvalue weighted by molar-refractivity contribution is 0.700. The quantitative estimate of drug-likeness (QED) is 0.843. The zero-order chi connectivity index (χ0) is 12.4. The van der Waals surface area contributed by atoms with Gasteiger partial charge in [-0.2, -0.15) is 0 Å². The molecule has 94 valence electrons. The Morgan fingerprint density at radius 2 is 1.83 bits per heavy atom. The van der Waals surface area contributed by atoms with Crippen LogP contribution in [0, 0.1) is 0 Å². The van der Waals surface area contributed by atoms with Crippen LogP contribution in [0.2, 0.25) is 0 Å². The summed E-state index contributed by atoms with van der Waals surface area (Å²) in [5.74, 6) is 0.857. The van der Waals surface area contributed by atoms with Gasteiger partial charge in [-0.15, -0.1) is 11.3 Å². The predicted octanol–water partition coefficient (Wildman–Crippen LogP) is 4.68. The summed E-state index contributed by atoms with van der Waals surface area (Å²) in [6.07, 6.45) is 2.76. The zero-order valence-electron chi connectivity index (χ0n) is 10.2. The van der Waals surface area contributed by atoms with E-state index in [0.717, 1.165) is 19.0 Å². The van der Waals surface area contributed by atoms with Crippen LogP contribution < -0.4 is 5.32 Å².